The molecule has 2 N–H and O–H groups in total. The summed E-state index contributed by atoms with van der Waals surface area (Å²) in [7, 11) is 0. The number of nitrogens with zero attached hydrogens (tertiary/aromatic N) is 4. The summed E-state index contributed by atoms with van der Waals surface area (Å²) in [6.07, 6.45) is 0.866. The molecule has 10 heteroatoms. The Morgan fingerprint density at radius 2 is 2.10 bits per heavy atom. The standard InChI is InChI=1S/C21H28F3N5O2/c1-3-26-20(28-10-8-15(2)18(13-28)29-11-9-25-14-29)27-12-19(30)16-4-6-17(7-5-16)31-21(22,23)24/h4-7,9,11,14-15,18-19,30H,3,8,10,12-13H2,1-2H3,(H,26,27). The van der Waals surface area contributed by atoms with Crippen LogP contribution >= 0.6 is 0 Å². The van der Waals surface area contributed by atoms with Crippen LogP contribution in [-0.4, -0.2) is 58.1 Å². The third-order valence-electron chi connectivity index (χ3n) is 5.37. The van der Waals surface area contributed by atoms with E-state index in [1.165, 1.54) is 24.3 Å². The summed E-state index contributed by atoms with van der Waals surface area (Å²) in [6, 6.07) is 5.45. The molecule has 1 fully saturated rings. The number of imidazole rings is 1. The number of likely N-dealkylation sites (tertiary alicyclic amines) is 1. The van der Waals surface area contributed by atoms with E-state index in [0.717, 1.165) is 19.5 Å². The molecule has 0 saturated carbocycles. The molecule has 2 heterocycles. The zero-order chi connectivity index (χ0) is 22.4. The third kappa shape index (κ3) is 6.36. The Kier molecular flexibility index (Phi) is 7.42. The maximum atomic E-state index is 12.3. The van der Waals surface area contributed by atoms with Gasteiger partial charge in [-0.1, -0.05) is 19.1 Å². The lowest BCUT2D eigenvalue weighted by molar-refractivity contribution is -0.274. The summed E-state index contributed by atoms with van der Waals surface area (Å²) in [5.41, 5.74) is 0.470. The van der Waals surface area contributed by atoms with Crippen molar-refractivity contribution in [2.75, 3.05) is 26.2 Å². The topological polar surface area (TPSA) is 74.9 Å². The normalized spacial score (nSPS) is 21.1. The molecule has 1 aromatic carbocycles. The number of guanidine groups is 1. The van der Waals surface area contributed by atoms with E-state index >= 15 is 0 Å². The first-order valence-corrected chi connectivity index (χ1v) is 10.3. The van der Waals surface area contributed by atoms with Crippen LogP contribution in [0.25, 0.3) is 0 Å². The molecule has 0 spiro atoms. The van der Waals surface area contributed by atoms with Crippen molar-refractivity contribution >= 4 is 5.96 Å². The molecular formula is C21H28F3N5O2. The van der Waals surface area contributed by atoms with Crippen molar-refractivity contribution in [2.45, 2.75) is 38.8 Å². The summed E-state index contributed by atoms with van der Waals surface area (Å²) < 4.78 is 42.9. The first-order valence-electron chi connectivity index (χ1n) is 10.3. The number of piperidine rings is 1. The number of ether oxygens (including phenoxy) is 1. The SMILES string of the molecule is CCNC(=NCC(O)c1ccc(OC(F)(F)F)cc1)N1CCC(C)C(n2ccnc2)C1. The van der Waals surface area contributed by atoms with Crippen LogP contribution in [0.3, 0.4) is 0 Å². The van der Waals surface area contributed by atoms with Gasteiger partial charge in [0, 0.05) is 32.0 Å². The number of aromatic nitrogens is 2. The molecule has 0 bridgehead atoms. The van der Waals surface area contributed by atoms with Crippen molar-refractivity contribution in [3.8, 4) is 5.75 Å². The predicted octanol–water partition coefficient (Wildman–Crippen LogP) is 3.36. The summed E-state index contributed by atoms with van der Waals surface area (Å²) in [4.78, 5) is 10.9. The Balaban J connectivity index is 1.66. The number of hydrogen-bond donors (Lipinski definition) is 2. The van der Waals surface area contributed by atoms with Gasteiger partial charge in [-0.3, -0.25) is 4.99 Å². The minimum atomic E-state index is -4.74. The maximum Gasteiger partial charge on any atom is 0.573 e. The Labute approximate surface area is 179 Å². The predicted molar refractivity (Wildman–Crippen MR) is 111 cm³/mol. The summed E-state index contributed by atoms with van der Waals surface area (Å²) in [5, 5.41) is 13.7. The molecule has 0 amide bonds. The second-order valence-electron chi connectivity index (χ2n) is 7.62. The molecule has 170 valence electrons. The van der Waals surface area contributed by atoms with Gasteiger partial charge in [0.2, 0.25) is 0 Å². The van der Waals surface area contributed by atoms with Gasteiger partial charge in [-0.2, -0.15) is 0 Å². The Bertz CT molecular complexity index is 840. The zero-order valence-electron chi connectivity index (χ0n) is 17.6. The fraction of sp³-hybridized carbons (Fsp3) is 0.524. The lowest BCUT2D eigenvalue weighted by Gasteiger charge is -2.39. The molecule has 7 nitrogen and oxygen atoms in total. The molecule has 0 aliphatic carbocycles. The number of halogens is 3. The average Bonchev–Trinajstić information content (AvgIpc) is 3.25. The molecule has 3 rings (SSSR count). The van der Waals surface area contributed by atoms with E-state index < -0.39 is 12.5 Å². The van der Waals surface area contributed by atoms with Crippen LogP contribution in [0.2, 0.25) is 0 Å². The Morgan fingerprint density at radius 1 is 1.35 bits per heavy atom. The number of rotatable bonds is 6. The second kappa shape index (κ2) is 10.0. The summed E-state index contributed by atoms with van der Waals surface area (Å²) >= 11 is 0. The van der Waals surface area contributed by atoms with Gasteiger partial charge in [0.05, 0.1) is 25.0 Å². The van der Waals surface area contributed by atoms with Crippen molar-refractivity contribution in [1.82, 2.24) is 19.8 Å². The van der Waals surface area contributed by atoms with Gasteiger partial charge in [-0.25, -0.2) is 4.98 Å². The first kappa shape index (κ1) is 22.9. The molecule has 0 radical (unpaired) electrons. The van der Waals surface area contributed by atoms with Gasteiger partial charge in [-0.05, 0) is 37.0 Å². The number of benzene rings is 1. The van der Waals surface area contributed by atoms with Gasteiger partial charge >= 0.3 is 6.36 Å². The molecule has 3 atom stereocenters. The highest BCUT2D eigenvalue weighted by atomic mass is 19.4. The Morgan fingerprint density at radius 3 is 2.71 bits per heavy atom. The van der Waals surface area contributed by atoms with Crippen LogP contribution in [0.5, 0.6) is 5.75 Å². The molecule has 1 aliphatic rings. The molecule has 2 aromatic rings. The Hall–Kier alpha value is -2.75. The van der Waals surface area contributed by atoms with E-state index in [9.17, 15) is 18.3 Å². The third-order valence-corrected chi connectivity index (χ3v) is 5.37. The molecule has 31 heavy (non-hydrogen) atoms. The number of aliphatic hydroxyl groups excluding tert-OH is 1. The first-order chi connectivity index (χ1) is 14.8. The minimum Gasteiger partial charge on any atom is -0.406 e. The van der Waals surface area contributed by atoms with Crippen LogP contribution in [0, 0.1) is 5.92 Å². The largest absolute Gasteiger partial charge is 0.573 e. The van der Waals surface area contributed by atoms with Crippen molar-refractivity contribution in [2.24, 2.45) is 10.9 Å². The fourth-order valence-corrected chi connectivity index (χ4v) is 3.69. The minimum absolute atomic E-state index is 0.0869. The number of aliphatic imine (C=N–C) groups is 1. The van der Waals surface area contributed by atoms with Crippen molar-refractivity contribution in [1.29, 1.82) is 0 Å². The van der Waals surface area contributed by atoms with E-state index in [1.807, 2.05) is 19.4 Å². The second-order valence-corrected chi connectivity index (χ2v) is 7.62. The number of aliphatic hydroxyl groups is 1. The quantitative estimate of drug-likeness (QED) is 0.533. The van der Waals surface area contributed by atoms with E-state index in [0.29, 0.717) is 24.0 Å². The lowest BCUT2D eigenvalue weighted by Crippen LogP contribution is -2.49. The molecular weight excluding hydrogens is 411 g/mol. The molecule has 1 aliphatic heterocycles. The summed E-state index contributed by atoms with van der Waals surface area (Å²) in [5.74, 6) is 0.875. The van der Waals surface area contributed by atoms with E-state index in [1.54, 1.807) is 6.20 Å². The maximum absolute atomic E-state index is 12.3. The van der Waals surface area contributed by atoms with Gasteiger partial charge in [0.25, 0.3) is 0 Å². The number of hydrogen-bond acceptors (Lipinski definition) is 4. The van der Waals surface area contributed by atoms with Gasteiger partial charge < -0.3 is 24.6 Å². The van der Waals surface area contributed by atoms with Gasteiger partial charge in [-0.15, -0.1) is 13.2 Å². The van der Waals surface area contributed by atoms with E-state index in [4.69, 9.17) is 0 Å². The molecule has 1 saturated heterocycles. The average molecular weight is 439 g/mol. The fourth-order valence-electron chi connectivity index (χ4n) is 3.69. The van der Waals surface area contributed by atoms with Crippen LogP contribution in [0.1, 0.15) is 38.0 Å². The van der Waals surface area contributed by atoms with Crippen LogP contribution in [-0.2, 0) is 0 Å². The monoisotopic (exact) mass is 439 g/mol. The lowest BCUT2D eigenvalue weighted by atomic mass is 9.93. The highest BCUT2D eigenvalue weighted by Gasteiger charge is 2.31. The molecule has 3 unspecified atom stereocenters. The smallest absolute Gasteiger partial charge is 0.406 e. The van der Waals surface area contributed by atoms with Crippen molar-refractivity contribution < 1.29 is 23.0 Å². The van der Waals surface area contributed by atoms with Gasteiger partial charge in [0.15, 0.2) is 5.96 Å². The highest BCUT2D eigenvalue weighted by molar-refractivity contribution is 5.80. The van der Waals surface area contributed by atoms with E-state index in [-0.39, 0.29) is 18.3 Å². The molecule has 1 aromatic heterocycles. The van der Waals surface area contributed by atoms with Crippen LogP contribution in [0.4, 0.5) is 13.2 Å². The van der Waals surface area contributed by atoms with Crippen LogP contribution in [0.15, 0.2) is 48.0 Å². The highest BCUT2D eigenvalue weighted by Crippen LogP contribution is 2.28. The van der Waals surface area contributed by atoms with Crippen LogP contribution < -0.4 is 10.1 Å². The zero-order valence-corrected chi connectivity index (χ0v) is 17.6. The summed E-state index contributed by atoms with van der Waals surface area (Å²) in [6.45, 7) is 6.58. The van der Waals surface area contributed by atoms with Crippen molar-refractivity contribution in [3.05, 3.63) is 48.5 Å². The van der Waals surface area contributed by atoms with Gasteiger partial charge in [0.1, 0.15) is 5.75 Å². The van der Waals surface area contributed by atoms with Crippen molar-refractivity contribution in [3.63, 3.8) is 0 Å². The number of alkyl halides is 3. The van der Waals surface area contributed by atoms with E-state index in [2.05, 4.69) is 36.4 Å². The number of nitrogens with one attached hydrogen (secondary N) is 1.